The van der Waals surface area contributed by atoms with E-state index in [0.717, 1.165) is 55.4 Å². The third-order valence-electron chi connectivity index (χ3n) is 5.70. The van der Waals surface area contributed by atoms with Gasteiger partial charge in [-0.15, -0.1) is 0 Å². The predicted octanol–water partition coefficient (Wildman–Crippen LogP) is 5.06. The molecule has 1 aromatic carbocycles. The zero-order chi connectivity index (χ0) is 22.4. The minimum atomic E-state index is -0.228. The van der Waals surface area contributed by atoms with Gasteiger partial charge >= 0.3 is 0 Å². The molecule has 1 saturated heterocycles. The van der Waals surface area contributed by atoms with Crippen molar-refractivity contribution in [2.45, 2.75) is 59.8 Å². The normalized spacial score (nSPS) is 16.4. The summed E-state index contributed by atoms with van der Waals surface area (Å²) in [4.78, 5) is 19.3. The molecular weight excluding hydrogens is 411 g/mol. The fourth-order valence-corrected chi connectivity index (χ4v) is 5.06. The molecule has 170 valence electrons. The van der Waals surface area contributed by atoms with Crippen LogP contribution >= 0.6 is 11.5 Å². The molecule has 3 rings (SSSR count). The Bertz CT molecular complexity index is 838. The summed E-state index contributed by atoms with van der Waals surface area (Å²) in [6, 6.07) is 6.49. The summed E-state index contributed by atoms with van der Waals surface area (Å²) < 4.78 is 17.5. The van der Waals surface area contributed by atoms with Crippen LogP contribution in [-0.4, -0.2) is 34.9 Å². The lowest BCUT2D eigenvalue weighted by Gasteiger charge is -2.31. The first kappa shape index (κ1) is 23.6. The van der Waals surface area contributed by atoms with Gasteiger partial charge in [-0.3, -0.25) is 4.79 Å². The summed E-state index contributed by atoms with van der Waals surface area (Å²) >= 11 is 1.43. The number of hydrogen-bond acceptors (Lipinski definition) is 5. The van der Waals surface area contributed by atoms with Crippen molar-refractivity contribution < 1.29 is 9.18 Å². The van der Waals surface area contributed by atoms with Gasteiger partial charge < -0.3 is 10.2 Å². The van der Waals surface area contributed by atoms with E-state index < -0.39 is 0 Å². The summed E-state index contributed by atoms with van der Waals surface area (Å²) in [5.41, 5.74) is 1.27. The molecule has 0 saturated carbocycles. The van der Waals surface area contributed by atoms with Crippen molar-refractivity contribution in [1.82, 2.24) is 14.7 Å². The summed E-state index contributed by atoms with van der Waals surface area (Å²) in [6.07, 6.45) is 4.38. The topological polar surface area (TPSA) is 58.1 Å². The second-order valence-electron chi connectivity index (χ2n) is 10.1. The van der Waals surface area contributed by atoms with Gasteiger partial charge in [-0.25, -0.2) is 9.37 Å². The lowest BCUT2D eigenvalue weighted by molar-refractivity contribution is -0.122. The van der Waals surface area contributed by atoms with Gasteiger partial charge in [-0.2, -0.15) is 4.37 Å². The Morgan fingerprint density at radius 1 is 1.26 bits per heavy atom. The predicted molar refractivity (Wildman–Crippen MR) is 125 cm³/mol. The zero-order valence-electron chi connectivity index (χ0n) is 19.2. The van der Waals surface area contributed by atoms with Crippen LogP contribution in [0.15, 0.2) is 24.3 Å². The SMILES string of the molecule is CC(CC(=O)NCC1CCN(c2nc(Cc3ccc(F)cc3)ns2)CC1)CC(C)(C)C. The molecule has 7 heteroatoms. The van der Waals surface area contributed by atoms with Crippen LogP contribution in [0.5, 0.6) is 0 Å². The average molecular weight is 447 g/mol. The van der Waals surface area contributed by atoms with Gasteiger partial charge in [-0.1, -0.05) is 39.8 Å². The van der Waals surface area contributed by atoms with Crippen LogP contribution in [0.2, 0.25) is 0 Å². The number of piperidine rings is 1. The smallest absolute Gasteiger partial charge is 0.220 e. The Kier molecular flexibility index (Phi) is 8.03. The number of carbonyl (C=O) groups is 1. The van der Waals surface area contributed by atoms with E-state index in [-0.39, 0.29) is 17.1 Å². The van der Waals surface area contributed by atoms with E-state index in [1.165, 1.54) is 23.7 Å². The van der Waals surface area contributed by atoms with E-state index in [1.54, 1.807) is 12.1 Å². The first-order valence-corrected chi connectivity index (χ1v) is 12.0. The molecular formula is C24H35FN4OS. The van der Waals surface area contributed by atoms with Gasteiger partial charge in [0.15, 0.2) is 0 Å². The third-order valence-corrected chi connectivity index (χ3v) is 6.52. The molecule has 0 bridgehead atoms. The Morgan fingerprint density at radius 2 is 1.94 bits per heavy atom. The van der Waals surface area contributed by atoms with Crippen molar-refractivity contribution in [1.29, 1.82) is 0 Å². The number of halogens is 1. The summed E-state index contributed by atoms with van der Waals surface area (Å²) in [6.45, 7) is 11.5. The Morgan fingerprint density at radius 3 is 2.58 bits per heavy atom. The van der Waals surface area contributed by atoms with Crippen LogP contribution in [0.25, 0.3) is 0 Å². The largest absolute Gasteiger partial charge is 0.356 e. The molecule has 0 spiro atoms. The Balaban J connectivity index is 1.39. The van der Waals surface area contributed by atoms with Crippen molar-refractivity contribution in [3.63, 3.8) is 0 Å². The van der Waals surface area contributed by atoms with Gasteiger partial charge in [0.1, 0.15) is 11.6 Å². The van der Waals surface area contributed by atoms with Crippen LogP contribution in [-0.2, 0) is 11.2 Å². The van der Waals surface area contributed by atoms with Crippen molar-refractivity contribution in [3.05, 3.63) is 41.5 Å². The highest BCUT2D eigenvalue weighted by atomic mass is 32.1. The molecule has 1 N–H and O–H groups in total. The molecule has 31 heavy (non-hydrogen) atoms. The first-order valence-electron chi connectivity index (χ1n) is 11.3. The maximum absolute atomic E-state index is 13.1. The highest BCUT2D eigenvalue weighted by Crippen LogP contribution is 2.27. The van der Waals surface area contributed by atoms with Gasteiger partial charge in [0, 0.05) is 44.0 Å². The molecule has 1 amide bonds. The van der Waals surface area contributed by atoms with E-state index in [4.69, 9.17) is 0 Å². The fourth-order valence-electron chi connectivity index (χ4n) is 4.32. The number of aromatic nitrogens is 2. The number of carbonyl (C=O) groups excluding carboxylic acids is 1. The van der Waals surface area contributed by atoms with E-state index in [2.05, 4.69) is 47.3 Å². The van der Waals surface area contributed by atoms with E-state index >= 15 is 0 Å². The molecule has 0 radical (unpaired) electrons. The van der Waals surface area contributed by atoms with Crippen molar-refractivity contribution in [3.8, 4) is 0 Å². The molecule has 1 atom stereocenters. The minimum absolute atomic E-state index is 0.175. The number of anilines is 1. The molecule has 1 aromatic heterocycles. The maximum Gasteiger partial charge on any atom is 0.220 e. The number of nitrogens with zero attached hydrogens (tertiary/aromatic N) is 3. The summed E-state index contributed by atoms with van der Waals surface area (Å²) in [5.74, 6) is 1.65. The minimum Gasteiger partial charge on any atom is -0.356 e. The number of hydrogen-bond donors (Lipinski definition) is 1. The summed E-state index contributed by atoms with van der Waals surface area (Å²) in [7, 11) is 0. The third kappa shape index (κ3) is 7.87. The molecule has 1 aliphatic heterocycles. The number of rotatable bonds is 8. The molecule has 0 aliphatic carbocycles. The molecule has 1 unspecified atom stereocenters. The second-order valence-corrected chi connectivity index (χ2v) is 10.8. The highest BCUT2D eigenvalue weighted by molar-refractivity contribution is 7.09. The quantitative estimate of drug-likeness (QED) is 0.616. The standard InChI is InChI=1S/C24H35FN4OS/c1-17(15-24(2,3)4)13-22(30)26-16-19-9-11-29(12-10-19)23-27-21(28-31-23)14-18-5-7-20(25)8-6-18/h5-8,17,19H,9-16H2,1-4H3,(H,26,30). The second kappa shape index (κ2) is 10.5. The number of benzene rings is 1. The van der Waals surface area contributed by atoms with Crippen LogP contribution in [0, 0.1) is 23.1 Å². The van der Waals surface area contributed by atoms with E-state index in [9.17, 15) is 9.18 Å². The maximum atomic E-state index is 13.1. The highest BCUT2D eigenvalue weighted by Gasteiger charge is 2.23. The van der Waals surface area contributed by atoms with Crippen LogP contribution in [0.1, 0.15) is 64.8 Å². The van der Waals surface area contributed by atoms with Gasteiger partial charge in [0.2, 0.25) is 11.0 Å². The van der Waals surface area contributed by atoms with Crippen molar-refractivity contribution in [2.75, 3.05) is 24.5 Å². The lowest BCUT2D eigenvalue weighted by atomic mass is 9.84. The first-order chi connectivity index (χ1) is 14.7. The molecule has 1 aliphatic rings. The lowest BCUT2D eigenvalue weighted by Crippen LogP contribution is -2.39. The summed E-state index contributed by atoms with van der Waals surface area (Å²) in [5, 5.41) is 4.10. The zero-order valence-corrected chi connectivity index (χ0v) is 20.0. The molecule has 2 aromatic rings. The van der Waals surface area contributed by atoms with Gasteiger partial charge in [0.25, 0.3) is 0 Å². The Labute approximate surface area is 189 Å². The molecule has 5 nitrogen and oxygen atoms in total. The van der Waals surface area contributed by atoms with Crippen molar-refractivity contribution >= 4 is 22.6 Å². The molecule has 2 heterocycles. The van der Waals surface area contributed by atoms with Gasteiger partial charge in [-0.05, 0) is 54.2 Å². The number of nitrogens with one attached hydrogen (secondary N) is 1. The van der Waals surface area contributed by atoms with Crippen LogP contribution in [0.3, 0.4) is 0 Å². The van der Waals surface area contributed by atoms with Crippen molar-refractivity contribution in [2.24, 2.45) is 17.3 Å². The average Bonchev–Trinajstić information content (AvgIpc) is 3.15. The monoisotopic (exact) mass is 446 g/mol. The fraction of sp³-hybridized carbons (Fsp3) is 0.625. The van der Waals surface area contributed by atoms with E-state index in [0.29, 0.717) is 24.7 Å². The van der Waals surface area contributed by atoms with Crippen LogP contribution in [0.4, 0.5) is 9.52 Å². The van der Waals surface area contributed by atoms with Gasteiger partial charge in [0.05, 0.1) is 0 Å². The number of amides is 1. The van der Waals surface area contributed by atoms with E-state index in [1.807, 2.05) is 0 Å². The molecule has 1 fully saturated rings. The van der Waals surface area contributed by atoms with Crippen LogP contribution < -0.4 is 10.2 Å². The Hall–Kier alpha value is -2.02.